The van der Waals surface area contributed by atoms with E-state index >= 15 is 0 Å². The second kappa shape index (κ2) is 3.89. The van der Waals surface area contributed by atoms with Gasteiger partial charge in [-0.05, 0) is 18.7 Å². The summed E-state index contributed by atoms with van der Waals surface area (Å²) >= 11 is 0. The molecule has 18 heavy (non-hydrogen) atoms. The summed E-state index contributed by atoms with van der Waals surface area (Å²) in [6.45, 7) is 0.265. The molecule has 3 aromatic rings. The highest BCUT2D eigenvalue weighted by Crippen LogP contribution is 2.39. The fraction of sp³-hybridized carbons (Fsp3) is 0.154. The Labute approximate surface area is 102 Å². The molecule has 2 aromatic heterocycles. The number of carbonyl (C=O) groups excluding carboxylic acids is 1. The number of phenolic OH excluding ortho intramolecular Hbond substituents is 1. The number of ketones is 1. The van der Waals surface area contributed by atoms with Crippen molar-refractivity contribution in [3.05, 3.63) is 30.2 Å². The number of nitrogens with two attached hydrogens (primary N) is 1. The van der Waals surface area contributed by atoms with Crippen molar-refractivity contribution in [2.45, 2.75) is 6.42 Å². The van der Waals surface area contributed by atoms with E-state index in [9.17, 15) is 9.90 Å². The van der Waals surface area contributed by atoms with Crippen molar-refractivity contribution in [2.24, 2.45) is 5.73 Å². The van der Waals surface area contributed by atoms with Gasteiger partial charge in [-0.1, -0.05) is 0 Å². The maximum atomic E-state index is 12.1. The zero-order valence-corrected chi connectivity index (χ0v) is 9.47. The fourth-order valence-corrected chi connectivity index (χ4v) is 2.16. The normalized spacial score (nSPS) is 11.4. The van der Waals surface area contributed by atoms with E-state index in [1.807, 2.05) is 0 Å². The van der Waals surface area contributed by atoms with Crippen LogP contribution in [-0.2, 0) is 0 Å². The average molecular weight is 245 g/mol. The molecule has 0 bridgehead atoms. The third kappa shape index (κ3) is 1.34. The molecule has 92 valence electrons. The van der Waals surface area contributed by atoms with Crippen LogP contribution in [0.1, 0.15) is 16.8 Å². The van der Waals surface area contributed by atoms with Crippen LogP contribution < -0.4 is 5.73 Å². The molecule has 0 fully saturated rings. The van der Waals surface area contributed by atoms with Gasteiger partial charge in [0.2, 0.25) is 0 Å². The Hall–Kier alpha value is -2.27. The number of phenols is 1. The molecular weight excluding hydrogens is 234 g/mol. The lowest BCUT2D eigenvalue weighted by Crippen LogP contribution is -2.08. The van der Waals surface area contributed by atoms with Gasteiger partial charge in [-0.3, -0.25) is 4.79 Å². The van der Waals surface area contributed by atoms with E-state index in [0.29, 0.717) is 27.5 Å². The van der Waals surface area contributed by atoms with Gasteiger partial charge in [0.25, 0.3) is 0 Å². The van der Waals surface area contributed by atoms with E-state index in [1.165, 1.54) is 12.5 Å². The third-order valence-electron chi connectivity index (χ3n) is 2.95. The van der Waals surface area contributed by atoms with Gasteiger partial charge in [0.05, 0.1) is 23.5 Å². The highest BCUT2D eigenvalue weighted by atomic mass is 16.4. The van der Waals surface area contributed by atoms with Crippen LogP contribution in [0.3, 0.4) is 0 Å². The Morgan fingerprint density at radius 2 is 1.83 bits per heavy atom. The molecule has 0 atom stereocenters. The van der Waals surface area contributed by atoms with Gasteiger partial charge >= 0.3 is 0 Å². The number of benzene rings is 1. The number of carbonyl (C=O) groups is 1. The summed E-state index contributed by atoms with van der Waals surface area (Å²) in [7, 11) is 0. The highest BCUT2D eigenvalue weighted by molar-refractivity contribution is 6.19. The van der Waals surface area contributed by atoms with Crippen LogP contribution in [0.25, 0.3) is 21.9 Å². The first-order chi connectivity index (χ1) is 8.74. The second-order valence-corrected chi connectivity index (χ2v) is 4.01. The van der Waals surface area contributed by atoms with Gasteiger partial charge in [-0.2, -0.15) is 0 Å². The molecule has 0 radical (unpaired) electrons. The molecule has 0 unspecified atom stereocenters. The Kier molecular flexibility index (Phi) is 2.34. The Morgan fingerprint density at radius 1 is 1.17 bits per heavy atom. The lowest BCUT2D eigenvalue weighted by molar-refractivity contribution is 0.0987. The molecular formula is C13H11NO4. The van der Waals surface area contributed by atoms with Crippen LogP contribution in [0.5, 0.6) is 5.75 Å². The van der Waals surface area contributed by atoms with Crippen LogP contribution >= 0.6 is 0 Å². The number of Topliss-reactive ketones (excluding diaryl/α,β-unsaturated/α-hetero) is 1. The van der Waals surface area contributed by atoms with Crippen LogP contribution in [-0.4, -0.2) is 17.4 Å². The van der Waals surface area contributed by atoms with Crippen molar-refractivity contribution in [1.29, 1.82) is 0 Å². The SMILES string of the molecule is NCCC(=O)c1c2ccoc2c(O)c2ccoc12. The van der Waals surface area contributed by atoms with E-state index in [-0.39, 0.29) is 24.5 Å². The highest BCUT2D eigenvalue weighted by Gasteiger charge is 2.22. The van der Waals surface area contributed by atoms with Gasteiger partial charge in [-0.15, -0.1) is 0 Å². The first-order valence-corrected chi connectivity index (χ1v) is 5.56. The van der Waals surface area contributed by atoms with Crippen molar-refractivity contribution in [1.82, 2.24) is 0 Å². The number of furan rings is 2. The van der Waals surface area contributed by atoms with Gasteiger partial charge in [-0.25, -0.2) is 0 Å². The van der Waals surface area contributed by atoms with Crippen molar-refractivity contribution >= 4 is 27.7 Å². The van der Waals surface area contributed by atoms with Crippen molar-refractivity contribution in [2.75, 3.05) is 6.54 Å². The van der Waals surface area contributed by atoms with Crippen LogP contribution in [0.2, 0.25) is 0 Å². The predicted molar refractivity (Wildman–Crippen MR) is 65.7 cm³/mol. The molecule has 3 N–H and O–H groups in total. The van der Waals surface area contributed by atoms with Crippen LogP contribution in [0.4, 0.5) is 0 Å². The summed E-state index contributed by atoms with van der Waals surface area (Å²) in [5, 5.41) is 11.1. The number of rotatable bonds is 3. The summed E-state index contributed by atoms with van der Waals surface area (Å²) in [6, 6.07) is 3.24. The van der Waals surface area contributed by atoms with Crippen molar-refractivity contribution in [3.63, 3.8) is 0 Å². The molecule has 0 saturated heterocycles. The van der Waals surface area contributed by atoms with E-state index in [2.05, 4.69) is 0 Å². The van der Waals surface area contributed by atoms with Gasteiger partial charge in [0, 0.05) is 11.8 Å². The minimum absolute atomic E-state index is 0.0111. The van der Waals surface area contributed by atoms with E-state index in [1.54, 1.807) is 12.1 Å². The summed E-state index contributed by atoms with van der Waals surface area (Å²) in [5.41, 5.74) is 6.50. The van der Waals surface area contributed by atoms with E-state index in [4.69, 9.17) is 14.6 Å². The molecule has 5 heteroatoms. The molecule has 0 aliphatic heterocycles. The Bertz CT molecular complexity index is 686. The standard InChI is InChI=1S/C13H11NO4/c14-4-1-9(15)10-7-2-5-18-13(7)11(16)8-3-6-17-12(8)10/h2-3,5-6,16H,1,4,14H2. The van der Waals surface area contributed by atoms with E-state index in [0.717, 1.165) is 0 Å². The molecule has 1 aromatic carbocycles. The zero-order valence-electron chi connectivity index (χ0n) is 9.47. The van der Waals surface area contributed by atoms with Gasteiger partial charge in [0.15, 0.2) is 17.1 Å². The third-order valence-corrected chi connectivity index (χ3v) is 2.95. The first-order valence-electron chi connectivity index (χ1n) is 5.56. The van der Waals surface area contributed by atoms with Crippen molar-refractivity contribution in [3.8, 4) is 5.75 Å². The number of aromatic hydroxyl groups is 1. The summed E-state index contributed by atoms with van der Waals surface area (Å²) in [4.78, 5) is 12.1. The summed E-state index contributed by atoms with van der Waals surface area (Å²) in [6.07, 6.45) is 3.09. The lowest BCUT2D eigenvalue weighted by atomic mass is 10.0. The molecule has 5 nitrogen and oxygen atoms in total. The Balaban J connectivity index is 2.43. The number of hydrogen-bond donors (Lipinski definition) is 2. The molecule has 0 aliphatic rings. The average Bonchev–Trinajstić information content (AvgIpc) is 2.97. The molecule has 0 spiro atoms. The predicted octanol–water partition coefficient (Wildman–Crippen LogP) is 2.42. The topological polar surface area (TPSA) is 89.6 Å². The van der Waals surface area contributed by atoms with Crippen LogP contribution in [0, 0.1) is 0 Å². The zero-order chi connectivity index (χ0) is 12.7. The number of fused-ring (bicyclic) bond motifs is 2. The largest absolute Gasteiger partial charge is 0.504 e. The van der Waals surface area contributed by atoms with Crippen molar-refractivity contribution < 1.29 is 18.7 Å². The molecule has 0 aliphatic carbocycles. The minimum atomic E-state index is -0.121. The summed E-state index contributed by atoms with van der Waals surface area (Å²) < 4.78 is 10.5. The molecule has 2 heterocycles. The number of hydrogen-bond acceptors (Lipinski definition) is 5. The van der Waals surface area contributed by atoms with Gasteiger partial charge < -0.3 is 19.7 Å². The fourth-order valence-electron chi connectivity index (χ4n) is 2.16. The molecule has 0 saturated carbocycles. The van der Waals surface area contributed by atoms with Crippen LogP contribution in [0.15, 0.2) is 33.5 Å². The lowest BCUT2D eigenvalue weighted by Gasteiger charge is -2.04. The molecule has 0 amide bonds. The quantitative estimate of drug-likeness (QED) is 0.691. The molecule has 3 rings (SSSR count). The van der Waals surface area contributed by atoms with Gasteiger partial charge in [0.1, 0.15) is 5.58 Å². The monoisotopic (exact) mass is 245 g/mol. The second-order valence-electron chi connectivity index (χ2n) is 4.01. The Morgan fingerprint density at radius 3 is 2.56 bits per heavy atom. The maximum absolute atomic E-state index is 12.1. The smallest absolute Gasteiger partial charge is 0.177 e. The minimum Gasteiger partial charge on any atom is -0.504 e. The first kappa shape index (κ1) is 10.9. The van der Waals surface area contributed by atoms with E-state index < -0.39 is 0 Å². The maximum Gasteiger partial charge on any atom is 0.177 e. The summed E-state index contributed by atoms with van der Waals surface area (Å²) in [5.74, 6) is -0.133.